The number of rotatable bonds is 2. The van der Waals surface area contributed by atoms with Crippen LogP contribution in [0.25, 0.3) is 0 Å². The minimum absolute atomic E-state index is 0. The zero-order chi connectivity index (χ0) is 5.91. The van der Waals surface area contributed by atoms with Crippen LogP contribution in [0.15, 0.2) is 0 Å². The van der Waals surface area contributed by atoms with E-state index in [0.29, 0.717) is 0 Å². The van der Waals surface area contributed by atoms with Crippen LogP contribution in [-0.2, 0) is 9.36 Å². The fraction of sp³-hybridized carbons (Fsp3) is 0.500. The van der Waals surface area contributed by atoms with Crippen molar-refractivity contribution in [1.82, 2.24) is 0 Å². The van der Waals surface area contributed by atoms with Gasteiger partial charge in [0.2, 0.25) is 0 Å². The zero-order valence-electron chi connectivity index (χ0n) is 5.44. The number of carbonyl (C=O) groups is 1. The molecule has 0 heterocycles. The van der Waals surface area contributed by atoms with Gasteiger partial charge in [-0.05, 0) is 0 Å². The van der Waals surface area contributed by atoms with E-state index in [9.17, 15) is 9.36 Å². The largest absolute Gasteiger partial charge is 1.00 e. The van der Waals surface area contributed by atoms with Crippen molar-refractivity contribution in [1.29, 1.82) is 0 Å². The van der Waals surface area contributed by atoms with Crippen LogP contribution in [0, 0.1) is 0 Å². The quantitative estimate of drug-likeness (QED) is 0.242. The molecule has 0 aromatic rings. The van der Waals surface area contributed by atoms with Crippen LogP contribution >= 0.6 is 7.60 Å². The van der Waals surface area contributed by atoms with Crippen LogP contribution in [0.4, 0.5) is 0 Å². The molecule has 0 unspecified atom stereocenters. The van der Waals surface area contributed by atoms with Gasteiger partial charge in [-0.15, -0.1) is 0 Å². The molecule has 0 atom stereocenters. The average molecular weight is 148 g/mol. The molecule has 0 radical (unpaired) electrons. The van der Waals surface area contributed by atoms with E-state index < -0.39 is 13.8 Å². The molecule has 0 bridgehead atoms. The Hall–Kier alpha value is 0.820. The van der Waals surface area contributed by atoms with Crippen LogP contribution < -0.4 is 29.6 Å². The van der Waals surface area contributed by atoms with Gasteiger partial charge in [0.05, 0.1) is 0 Å². The zero-order valence-corrected chi connectivity index (χ0v) is 7.34. The average Bonchev–Trinajstić information content (AvgIpc) is 1.30. The Morgan fingerprint density at radius 3 is 2.00 bits per heavy atom. The monoisotopic (exact) mass is 148 g/mol. The van der Waals surface area contributed by atoms with Gasteiger partial charge in [-0.3, -0.25) is 4.57 Å². The smallest absolute Gasteiger partial charge is 1.00 e. The number of carbonyl (C=O) groups excluding carboxylic acids is 1. The number of hydrogen-bond donors (Lipinski definition) is 2. The van der Waals surface area contributed by atoms with Crippen LogP contribution in [0.1, 0.15) is 1.43 Å². The van der Waals surface area contributed by atoms with E-state index in [1.165, 1.54) is 0 Å². The standard InChI is InChI=1S/C2H5O4P.Na.H/c3-1-2-7(4,5)6;;/h1H,2H2,(H2,4,5,6);;/q;+1;-1. The van der Waals surface area contributed by atoms with E-state index >= 15 is 0 Å². The Bertz CT molecular complexity index is 111. The van der Waals surface area contributed by atoms with E-state index in [2.05, 4.69) is 0 Å². The molecule has 0 rings (SSSR count). The molecule has 0 aliphatic heterocycles. The molecular weight excluding hydrogens is 142 g/mol. The Kier molecular flexibility index (Phi) is 6.78. The fourth-order valence-corrected chi connectivity index (χ4v) is 0.291. The van der Waals surface area contributed by atoms with E-state index in [4.69, 9.17) is 9.79 Å². The first-order chi connectivity index (χ1) is 3.06. The first-order valence-electron chi connectivity index (χ1n) is 1.54. The molecule has 0 aliphatic carbocycles. The molecule has 0 saturated heterocycles. The van der Waals surface area contributed by atoms with Crippen LogP contribution in [0.3, 0.4) is 0 Å². The fourth-order valence-electron chi connectivity index (χ4n) is 0.0971. The second-order valence-electron chi connectivity index (χ2n) is 1.01. The van der Waals surface area contributed by atoms with Crippen LogP contribution in [0.2, 0.25) is 0 Å². The van der Waals surface area contributed by atoms with Gasteiger partial charge in [0.25, 0.3) is 0 Å². The molecule has 0 aromatic carbocycles. The SMILES string of the molecule is O=CCP(=O)(O)O.[H-].[Na+]. The maximum atomic E-state index is 9.69. The van der Waals surface area contributed by atoms with Crippen LogP contribution in [0.5, 0.6) is 0 Å². The van der Waals surface area contributed by atoms with Crippen molar-refractivity contribution in [2.45, 2.75) is 0 Å². The van der Waals surface area contributed by atoms with Gasteiger partial charge in [-0.2, -0.15) is 0 Å². The van der Waals surface area contributed by atoms with Crippen molar-refractivity contribution < 1.29 is 50.1 Å². The summed E-state index contributed by atoms with van der Waals surface area (Å²) in [6.45, 7) is 0. The van der Waals surface area contributed by atoms with E-state index in [1.807, 2.05) is 0 Å². The Morgan fingerprint density at radius 2 is 2.00 bits per heavy atom. The van der Waals surface area contributed by atoms with E-state index in [-0.39, 0.29) is 37.3 Å². The maximum absolute atomic E-state index is 9.69. The van der Waals surface area contributed by atoms with Crippen molar-refractivity contribution in [2.75, 3.05) is 6.16 Å². The summed E-state index contributed by atoms with van der Waals surface area (Å²) in [4.78, 5) is 25.1. The second kappa shape index (κ2) is 4.68. The Morgan fingerprint density at radius 1 is 1.62 bits per heavy atom. The van der Waals surface area contributed by atoms with Gasteiger partial charge in [0, 0.05) is 0 Å². The maximum Gasteiger partial charge on any atom is 1.00 e. The molecular formula is C2H6NaO4P. The molecule has 0 amide bonds. The van der Waals surface area contributed by atoms with Gasteiger partial charge in [0.1, 0.15) is 12.4 Å². The van der Waals surface area contributed by atoms with Gasteiger partial charge in [-0.1, -0.05) is 0 Å². The molecule has 0 aromatic heterocycles. The topological polar surface area (TPSA) is 74.6 Å². The molecule has 44 valence electrons. The van der Waals surface area contributed by atoms with Gasteiger partial charge >= 0.3 is 37.2 Å². The first-order valence-corrected chi connectivity index (χ1v) is 3.34. The third kappa shape index (κ3) is 9.94. The third-order valence-corrected chi connectivity index (χ3v) is 0.937. The van der Waals surface area contributed by atoms with Crippen molar-refractivity contribution >= 4 is 13.9 Å². The summed E-state index contributed by atoms with van der Waals surface area (Å²) in [6, 6.07) is 0. The molecule has 0 aliphatic rings. The summed E-state index contributed by atoms with van der Waals surface area (Å²) in [5.74, 6) is 0. The normalized spacial score (nSPS) is 9.75. The molecule has 0 saturated carbocycles. The minimum Gasteiger partial charge on any atom is -1.00 e. The van der Waals surface area contributed by atoms with Crippen molar-refractivity contribution in [3.8, 4) is 0 Å². The van der Waals surface area contributed by atoms with Gasteiger partial charge < -0.3 is 16.0 Å². The van der Waals surface area contributed by atoms with Gasteiger partial charge in [-0.25, -0.2) is 0 Å². The summed E-state index contributed by atoms with van der Waals surface area (Å²) in [5.41, 5.74) is 0. The van der Waals surface area contributed by atoms with Crippen molar-refractivity contribution in [3.05, 3.63) is 0 Å². The molecule has 8 heavy (non-hydrogen) atoms. The number of aldehydes is 1. The van der Waals surface area contributed by atoms with Crippen LogP contribution in [-0.4, -0.2) is 22.2 Å². The first kappa shape index (κ1) is 11.6. The minimum atomic E-state index is -4.03. The summed E-state index contributed by atoms with van der Waals surface area (Å²) >= 11 is 0. The second-order valence-corrected chi connectivity index (χ2v) is 2.71. The molecule has 4 nitrogen and oxygen atoms in total. The number of hydrogen-bond acceptors (Lipinski definition) is 2. The summed E-state index contributed by atoms with van der Waals surface area (Å²) < 4.78 is 9.69. The van der Waals surface area contributed by atoms with E-state index in [1.54, 1.807) is 0 Å². The summed E-state index contributed by atoms with van der Waals surface area (Å²) in [7, 11) is -4.03. The molecule has 0 fully saturated rings. The predicted octanol–water partition coefficient (Wildman–Crippen LogP) is -3.52. The predicted molar refractivity (Wildman–Crippen MR) is 24.1 cm³/mol. The summed E-state index contributed by atoms with van der Waals surface area (Å²) in [6.07, 6.45) is -0.478. The molecule has 0 spiro atoms. The van der Waals surface area contributed by atoms with Crippen molar-refractivity contribution in [3.63, 3.8) is 0 Å². The van der Waals surface area contributed by atoms with Gasteiger partial charge in [0.15, 0.2) is 0 Å². The molecule has 6 heteroatoms. The Balaban J connectivity index is -0.000000180. The Labute approximate surface area is 70.2 Å². The van der Waals surface area contributed by atoms with Crippen molar-refractivity contribution in [2.24, 2.45) is 0 Å². The van der Waals surface area contributed by atoms with E-state index in [0.717, 1.165) is 0 Å². The third-order valence-electron chi connectivity index (χ3n) is 0.312. The summed E-state index contributed by atoms with van der Waals surface area (Å²) in [5, 5.41) is 0. The molecule has 2 N–H and O–H groups in total.